The van der Waals surface area contributed by atoms with Crippen LogP contribution in [-0.4, -0.2) is 22.8 Å². The number of hydrogen-bond donors (Lipinski definition) is 5. The van der Waals surface area contributed by atoms with Crippen LogP contribution >= 0.6 is 0 Å². The van der Waals surface area contributed by atoms with E-state index in [-0.39, 0.29) is 11.8 Å². The number of aromatic amines is 1. The Labute approximate surface area is 177 Å². The molecule has 4 rings (SSSR count). The Bertz CT molecular complexity index is 1280. The Morgan fingerprint density at radius 3 is 2.00 bits per heavy atom. The van der Waals surface area contributed by atoms with Gasteiger partial charge in [0.15, 0.2) is 0 Å². The first-order valence-corrected chi connectivity index (χ1v) is 9.44. The molecule has 0 radical (unpaired) electrons. The van der Waals surface area contributed by atoms with E-state index in [1.807, 2.05) is 18.3 Å². The summed E-state index contributed by atoms with van der Waals surface area (Å²) < 4.78 is 0. The molecule has 31 heavy (non-hydrogen) atoms. The average molecular weight is 413 g/mol. The minimum atomic E-state index is -0.677. The summed E-state index contributed by atoms with van der Waals surface area (Å²) in [5.41, 5.74) is 8.45. The van der Waals surface area contributed by atoms with Gasteiger partial charge in [0.2, 0.25) is 0 Å². The Morgan fingerprint density at radius 1 is 0.677 bits per heavy atom. The summed E-state index contributed by atoms with van der Waals surface area (Å²) in [4.78, 5) is 39.0. The van der Waals surface area contributed by atoms with Gasteiger partial charge in [-0.3, -0.25) is 9.59 Å². The number of nitrogens with one attached hydrogen (secondary N) is 4. The van der Waals surface area contributed by atoms with Gasteiger partial charge in [0.25, 0.3) is 11.8 Å². The first-order valence-electron chi connectivity index (χ1n) is 9.44. The minimum Gasteiger partial charge on any atom is -0.361 e. The van der Waals surface area contributed by atoms with Crippen molar-refractivity contribution >= 4 is 45.8 Å². The second-order valence-corrected chi connectivity index (χ2v) is 6.84. The molecule has 1 heterocycles. The lowest BCUT2D eigenvalue weighted by Crippen LogP contribution is -2.19. The van der Waals surface area contributed by atoms with Gasteiger partial charge in [-0.15, -0.1) is 0 Å². The van der Waals surface area contributed by atoms with Crippen LogP contribution in [0.1, 0.15) is 20.7 Å². The summed E-state index contributed by atoms with van der Waals surface area (Å²) in [6.07, 6.45) is 1.82. The number of anilines is 3. The van der Waals surface area contributed by atoms with Crippen molar-refractivity contribution in [2.24, 2.45) is 5.73 Å². The van der Waals surface area contributed by atoms with Crippen LogP contribution in [-0.2, 0) is 0 Å². The van der Waals surface area contributed by atoms with Gasteiger partial charge in [-0.25, -0.2) is 4.79 Å². The predicted molar refractivity (Wildman–Crippen MR) is 120 cm³/mol. The van der Waals surface area contributed by atoms with Crippen molar-refractivity contribution < 1.29 is 14.4 Å². The van der Waals surface area contributed by atoms with Gasteiger partial charge in [-0.05, 0) is 66.0 Å². The van der Waals surface area contributed by atoms with Gasteiger partial charge in [-0.2, -0.15) is 0 Å². The molecule has 0 saturated carbocycles. The lowest BCUT2D eigenvalue weighted by atomic mass is 10.1. The van der Waals surface area contributed by atoms with E-state index < -0.39 is 6.03 Å². The lowest BCUT2D eigenvalue weighted by molar-refractivity contribution is 0.101. The summed E-state index contributed by atoms with van der Waals surface area (Å²) in [5, 5.41) is 9.08. The number of H-pyrrole nitrogens is 1. The summed E-state index contributed by atoms with van der Waals surface area (Å²) in [7, 11) is 0. The van der Waals surface area contributed by atoms with E-state index in [2.05, 4.69) is 20.9 Å². The molecular formula is C23H19N5O3. The number of carbonyl (C=O) groups is 3. The van der Waals surface area contributed by atoms with Crippen molar-refractivity contribution in [1.82, 2.24) is 4.98 Å². The van der Waals surface area contributed by atoms with Crippen molar-refractivity contribution in [2.45, 2.75) is 0 Å². The second kappa shape index (κ2) is 8.42. The topological polar surface area (TPSA) is 129 Å². The number of primary amides is 1. The third-order valence-corrected chi connectivity index (χ3v) is 4.61. The van der Waals surface area contributed by atoms with E-state index in [0.717, 1.165) is 10.9 Å². The number of benzene rings is 3. The quantitative estimate of drug-likeness (QED) is 0.337. The normalized spacial score (nSPS) is 10.5. The zero-order valence-electron chi connectivity index (χ0n) is 16.3. The number of rotatable bonds is 5. The highest BCUT2D eigenvalue weighted by atomic mass is 16.2. The first-order chi connectivity index (χ1) is 15.0. The van der Waals surface area contributed by atoms with Crippen molar-refractivity contribution in [3.05, 3.63) is 90.1 Å². The number of carbonyl (C=O) groups excluding carboxylic acids is 3. The fraction of sp³-hybridized carbons (Fsp3) is 0. The summed E-state index contributed by atoms with van der Waals surface area (Å²) in [6, 6.07) is 19.9. The highest BCUT2D eigenvalue weighted by molar-refractivity contribution is 6.07. The predicted octanol–water partition coefficient (Wildman–Crippen LogP) is 4.16. The van der Waals surface area contributed by atoms with Crippen LogP contribution in [0.25, 0.3) is 10.9 Å². The second-order valence-electron chi connectivity index (χ2n) is 6.84. The fourth-order valence-corrected chi connectivity index (χ4v) is 3.12. The van der Waals surface area contributed by atoms with Gasteiger partial charge in [0.05, 0.1) is 0 Å². The van der Waals surface area contributed by atoms with Crippen LogP contribution in [0, 0.1) is 0 Å². The molecule has 0 bridgehead atoms. The van der Waals surface area contributed by atoms with E-state index in [4.69, 9.17) is 5.73 Å². The molecule has 0 aliphatic rings. The van der Waals surface area contributed by atoms with Crippen molar-refractivity contribution in [3.8, 4) is 0 Å². The molecule has 8 nitrogen and oxygen atoms in total. The molecule has 154 valence electrons. The number of nitrogens with two attached hydrogens (primary N) is 1. The van der Waals surface area contributed by atoms with Crippen molar-refractivity contribution in [2.75, 3.05) is 16.0 Å². The number of amides is 4. The number of urea groups is 1. The molecule has 4 amide bonds. The third kappa shape index (κ3) is 4.70. The monoisotopic (exact) mass is 413 g/mol. The van der Waals surface area contributed by atoms with Crippen LogP contribution in [0.4, 0.5) is 21.9 Å². The third-order valence-electron chi connectivity index (χ3n) is 4.61. The van der Waals surface area contributed by atoms with E-state index in [9.17, 15) is 14.4 Å². The SMILES string of the molecule is NC(=O)Nc1ccc(C(=O)Nc2cccc(NC(=O)c3ccc4cc[nH]c4c3)c2)cc1. The van der Waals surface area contributed by atoms with E-state index in [0.29, 0.717) is 28.2 Å². The van der Waals surface area contributed by atoms with Gasteiger partial charge in [0, 0.05) is 39.9 Å². The van der Waals surface area contributed by atoms with Crippen LogP contribution in [0.3, 0.4) is 0 Å². The molecule has 0 fully saturated rings. The van der Waals surface area contributed by atoms with E-state index in [1.54, 1.807) is 60.7 Å². The van der Waals surface area contributed by atoms with Crippen LogP contribution in [0.15, 0.2) is 79.0 Å². The van der Waals surface area contributed by atoms with E-state index in [1.165, 1.54) is 0 Å². The molecule has 0 saturated heterocycles. The Morgan fingerprint density at radius 2 is 1.32 bits per heavy atom. The van der Waals surface area contributed by atoms with Crippen molar-refractivity contribution in [3.63, 3.8) is 0 Å². The fourth-order valence-electron chi connectivity index (χ4n) is 3.12. The maximum absolute atomic E-state index is 12.6. The molecule has 3 aromatic carbocycles. The van der Waals surface area contributed by atoms with Crippen LogP contribution in [0.2, 0.25) is 0 Å². The number of fused-ring (bicyclic) bond motifs is 1. The van der Waals surface area contributed by atoms with Crippen molar-refractivity contribution in [1.29, 1.82) is 0 Å². The maximum Gasteiger partial charge on any atom is 0.316 e. The summed E-state index contributed by atoms with van der Waals surface area (Å²) >= 11 is 0. The van der Waals surface area contributed by atoms with Gasteiger partial charge >= 0.3 is 6.03 Å². The Hall–Kier alpha value is -4.59. The highest BCUT2D eigenvalue weighted by Gasteiger charge is 2.10. The molecule has 1 aromatic heterocycles. The molecule has 4 aromatic rings. The largest absolute Gasteiger partial charge is 0.361 e. The molecule has 0 unspecified atom stereocenters. The first kappa shape index (κ1) is 19.7. The number of hydrogen-bond acceptors (Lipinski definition) is 3. The molecule has 0 aliphatic carbocycles. The maximum atomic E-state index is 12.6. The average Bonchev–Trinajstić information content (AvgIpc) is 3.22. The smallest absolute Gasteiger partial charge is 0.316 e. The summed E-state index contributed by atoms with van der Waals surface area (Å²) in [5.74, 6) is -0.580. The van der Waals surface area contributed by atoms with Crippen LogP contribution < -0.4 is 21.7 Å². The van der Waals surface area contributed by atoms with Gasteiger partial charge in [0.1, 0.15) is 0 Å². The molecule has 0 spiro atoms. The van der Waals surface area contributed by atoms with Crippen LogP contribution in [0.5, 0.6) is 0 Å². The Balaban J connectivity index is 1.43. The zero-order valence-corrected chi connectivity index (χ0v) is 16.3. The standard InChI is InChI=1S/C23H19N5O3/c24-23(31)28-17-8-6-15(7-9-17)21(29)26-18-2-1-3-19(13-18)27-22(30)16-5-4-14-10-11-25-20(14)12-16/h1-13,25H,(H,26,29)(H,27,30)(H3,24,28,31). The van der Waals surface area contributed by atoms with E-state index >= 15 is 0 Å². The number of aromatic nitrogens is 1. The highest BCUT2D eigenvalue weighted by Crippen LogP contribution is 2.19. The molecule has 6 N–H and O–H groups in total. The lowest BCUT2D eigenvalue weighted by Gasteiger charge is -2.10. The Kier molecular flexibility index (Phi) is 5.35. The van der Waals surface area contributed by atoms with Gasteiger partial charge in [-0.1, -0.05) is 12.1 Å². The molecule has 8 heteroatoms. The van der Waals surface area contributed by atoms with Gasteiger partial charge < -0.3 is 26.7 Å². The molecular weight excluding hydrogens is 394 g/mol. The summed E-state index contributed by atoms with van der Waals surface area (Å²) in [6.45, 7) is 0. The minimum absolute atomic E-state index is 0.252. The zero-order chi connectivity index (χ0) is 21.8. The molecule has 0 aliphatic heterocycles. The molecule has 0 atom stereocenters.